The molecule has 0 N–H and O–H groups in total. The molecule has 2 aromatic rings. The summed E-state index contributed by atoms with van der Waals surface area (Å²) in [5, 5.41) is 12.8. The number of benzene rings is 1. The molecular formula is C14H13N3. The van der Waals surface area contributed by atoms with Crippen LogP contribution in [0.1, 0.15) is 11.1 Å². The van der Waals surface area contributed by atoms with Gasteiger partial charge < -0.3 is 0 Å². The summed E-state index contributed by atoms with van der Waals surface area (Å²) in [7, 11) is 0. The van der Waals surface area contributed by atoms with Gasteiger partial charge in [-0.1, -0.05) is 24.8 Å². The Hall–Kier alpha value is -2.34. The molecule has 0 bridgehead atoms. The molecule has 0 aliphatic heterocycles. The van der Waals surface area contributed by atoms with E-state index in [1.54, 1.807) is 10.9 Å². The highest BCUT2D eigenvalue weighted by atomic mass is 15.3. The van der Waals surface area contributed by atoms with E-state index in [1.807, 2.05) is 18.3 Å². The summed E-state index contributed by atoms with van der Waals surface area (Å²) < 4.78 is 1.63. The van der Waals surface area contributed by atoms with Crippen molar-refractivity contribution in [3.63, 3.8) is 0 Å². The number of nitriles is 1. The van der Waals surface area contributed by atoms with E-state index in [9.17, 15) is 0 Å². The number of hydrogen-bond donors (Lipinski definition) is 0. The van der Waals surface area contributed by atoms with Crippen molar-refractivity contribution >= 4 is 6.08 Å². The molecule has 1 heterocycles. The Bertz CT molecular complexity index is 588. The zero-order valence-corrected chi connectivity index (χ0v) is 9.72. The summed E-state index contributed by atoms with van der Waals surface area (Å²) >= 11 is 0. The minimum Gasteiger partial charge on any atom is -0.258 e. The second-order valence-corrected chi connectivity index (χ2v) is 3.86. The predicted molar refractivity (Wildman–Crippen MR) is 68.1 cm³/mol. The van der Waals surface area contributed by atoms with Crippen molar-refractivity contribution in [2.75, 3.05) is 0 Å². The van der Waals surface area contributed by atoms with Crippen molar-refractivity contribution in [3.8, 4) is 17.2 Å². The van der Waals surface area contributed by atoms with E-state index in [2.05, 4.69) is 36.8 Å². The van der Waals surface area contributed by atoms with Gasteiger partial charge in [-0.05, 0) is 29.7 Å². The van der Waals surface area contributed by atoms with E-state index in [-0.39, 0.29) is 6.54 Å². The maximum atomic E-state index is 8.61. The Labute approximate surface area is 101 Å². The van der Waals surface area contributed by atoms with Crippen molar-refractivity contribution in [3.05, 3.63) is 48.3 Å². The van der Waals surface area contributed by atoms with Crippen LogP contribution in [0.25, 0.3) is 17.2 Å². The average molecular weight is 223 g/mol. The fraction of sp³-hybridized carbons (Fsp3) is 0.143. The van der Waals surface area contributed by atoms with Gasteiger partial charge in [-0.15, -0.1) is 0 Å². The summed E-state index contributed by atoms with van der Waals surface area (Å²) in [4.78, 5) is 0. The minimum absolute atomic E-state index is 0.278. The largest absolute Gasteiger partial charge is 0.258 e. The van der Waals surface area contributed by atoms with Gasteiger partial charge in [0.1, 0.15) is 6.54 Å². The standard InChI is InChI=1S/C14H13N3/c1-3-12-5-4-11(2)14(8-12)13-9-16-17(10-13)7-6-15/h3-5,8-10H,1,7H2,2H3. The Morgan fingerprint density at radius 2 is 2.35 bits per heavy atom. The first-order valence-electron chi connectivity index (χ1n) is 5.37. The zero-order valence-electron chi connectivity index (χ0n) is 9.72. The Kier molecular flexibility index (Phi) is 3.06. The number of rotatable bonds is 3. The van der Waals surface area contributed by atoms with Crippen LogP contribution in [0, 0.1) is 18.3 Å². The molecule has 0 spiro atoms. The molecule has 0 saturated carbocycles. The summed E-state index contributed by atoms with van der Waals surface area (Å²) in [5.41, 5.74) is 4.43. The lowest BCUT2D eigenvalue weighted by molar-refractivity contribution is 0.710. The molecule has 2 rings (SSSR count). The molecule has 1 aromatic heterocycles. The van der Waals surface area contributed by atoms with E-state index in [4.69, 9.17) is 5.26 Å². The maximum Gasteiger partial charge on any atom is 0.128 e. The zero-order chi connectivity index (χ0) is 12.3. The van der Waals surface area contributed by atoms with Crippen molar-refractivity contribution < 1.29 is 0 Å². The van der Waals surface area contributed by atoms with Crippen LogP contribution in [0.2, 0.25) is 0 Å². The third-order valence-corrected chi connectivity index (χ3v) is 2.67. The first kappa shape index (κ1) is 11.2. The van der Waals surface area contributed by atoms with Gasteiger partial charge in [0.05, 0.1) is 12.3 Å². The lowest BCUT2D eigenvalue weighted by Crippen LogP contribution is -1.94. The highest BCUT2D eigenvalue weighted by molar-refractivity contribution is 5.69. The van der Waals surface area contributed by atoms with Crippen LogP contribution in [-0.4, -0.2) is 9.78 Å². The van der Waals surface area contributed by atoms with E-state index >= 15 is 0 Å². The van der Waals surface area contributed by atoms with Gasteiger partial charge in [0.25, 0.3) is 0 Å². The third-order valence-electron chi connectivity index (χ3n) is 2.67. The molecule has 0 fully saturated rings. The first-order chi connectivity index (χ1) is 8.24. The van der Waals surface area contributed by atoms with E-state index in [0.717, 1.165) is 16.7 Å². The predicted octanol–water partition coefficient (Wildman–Crippen LogP) is 3.03. The summed E-state index contributed by atoms with van der Waals surface area (Å²) in [6.45, 7) is 6.10. The topological polar surface area (TPSA) is 41.6 Å². The van der Waals surface area contributed by atoms with Crippen LogP contribution in [0.3, 0.4) is 0 Å². The van der Waals surface area contributed by atoms with Crippen molar-refractivity contribution in [1.82, 2.24) is 9.78 Å². The van der Waals surface area contributed by atoms with Gasteiger partial charge in [0.15, 0.2) is 0 Å². The molecule has 0 unspecified atom stereocenters. The van der Waals surface area contributed by atoms with Crippen LogP contribution in [0.4, 0.5) is 0 Å². The van der Waals surface area contributed by atoms with Crippen LogP contribution in [-0.2, 0) is 6.54 Å². The van der Waals surface area contributed by atoms with Gasteiger partial charge in [0, 0.05) is 11.8 Å². The van der Waals surface area contributed by atoms with Gasteiger partial charge in [-0.25, -0.2) is 0 Å². The second-order valence-electron chi connectivity index (χ2n) is 3.86. The molecule has 84 valence electrons. The van der Waals surface area contributed by atoms with Crippen LogP contribution in [0.15, 0.2) is 37.2 Å². The first-order valence-corrected chi connectivity index (χ1v) is 5.37. The molecule has 0 radical (unpaired) electrons. The lowest BCUT2D eigenvalue weighted by atomic mass is 10.0. The van der Waals surface area contributed by atoms with Crippen LogP contribution in [0.5, 0.6) is 0 Å². The van der Waals surface area contributed by atoms with Gasteiger partial charge >= 0.3 is 0 Å². The SMILES string of the molecule is C=Cc1ccc(C)c(-c2cnn(CC#N)c2)c1. The Morgan fingerprint density at radius 3 is 3.06 bits per heavy atom. The van der Waals surface area contributed by atoms with Gasteiger partial charge in [-0.3, -0.25) is 4.68 Å². The maximum absolute atomic E-state index is 8.61. The average Bonchev–Trinajstić information content (AvgIpc) is 2.79. The summed E-state index contributed by atoms with van der Waals surface area (Å²) in [6, 6.07) is 8.25. The summed E-state index contributed by atoms with van der Waals surface area (Å²) in [6.07, 6.45) is 5.49. The molecule has 17 heavy (non-hydrogen) atoms. The molecule has 3 nitrogen and oxygen atoms in total. The molecule has 0 aliphatic carbocycles. The van der Waals surface area contributed by atoms with E-state index < -0.39 is 0 Å². The highest BCUT2D eigenvalue weighted by Crippen LogP contribution is 2.24. The molecule has 0 aliphatic rings. The Balaban J connectivity index is 2.44. The number of nitrogens with zero attached hydrogens (tertiary/aromatic N) is 3. The molecule has 0 atom stereocenters. The quantitative estimate of drug-likeness (QED) is 0.802. The molecule has 3 heteroatoms. The van der Waals surface area contributed by atoms with Crippen LogP contribution < -0.4 is 0 Å². The molecule has 0 amide bonds. The van der Waals surface area contributed by atoms with Gasteiger partial charge in [0.2, 0.25) is 0 Å². The van der Waals surface area contributed by atoms with Crippen molar-refractivity contribution in [1.29, 1.82) is 5.26 Å². The van der Waals surface area contributed by atoms with Gasteiger partial charge in [-0.2, -0.15) is 10.4 Å². The number of hydrogen-bond acceptors (Lipinski definition) is 2. The number of aryl methyl sites for hydroxylation is 1. The van der Waals surface area contributed by atoms with Crippen molar-refractivity contribution in [2.24, 2.45) is 0 Å². The van der Waals surface area contributed by atoms with E-state index in [0.29, 0.717) is 0 Å². The third kappa shape index (κ3) is 2.26. The second kappa shape index (κ2) is 4.67. The fourth-order valence-electron chi connectivity index (χ4n) is 1.74. The minimum atomic E-state index is 0.278. The normalized spacial score (nSPS) is 9.88. The molecule has 1 aromatic carbocycles. The van der Waals surface area contributed by atoms with Crippen molar-refractivity contribution in [2.45, 2.75) is 13.5 Å². The smallest absolute Gasteiger partial charge is 0.128 e. The Morgan fingerprint density at radius 1 is 1.53 bits per heavy atom. The highest BCUT2D eigenvalue weighted by Gasteiger charge is 2.05. The summed E-state index contributed by atoms with van der Waals surface area (Å²) in [5.74, 6) is 0. The molecule has 0 saturated heterocycles. The lowest BCUT2D eigenvalue weighted by Gasteiger charge is -2.04. The molecular weight excluding hydrogens is 210 g/mol. The van der Waals surface area contributed by atoms with E-state index in [1.165, 1.54) is 5.56 Å². The fourth-order valence-corrected chi connectivity index (χ4v) is 1.74. The van der Waals surface area contributed by atoms with Crippen LogP contribution >= 0.6 is 0 Å². The number of aromatic nitrogens is 2. The monoisotopic (exact) mass is 223 g/mol.